The summed E-state index contributed by atoms with van der Waals surface area (Å²) in [6.45, 7) is 0.549. The molecule has 0 aliphatic carbocycles. The van der Waals surface area contributed by atoms with Crippen molar-refractivity contribution < 1.29 is 4.39 Å². The molecule has 4 aromatic rings. The van der Waals surface area contributed by atoms with Crippen molar-refractivity contribution in [3.05, 3.63) is 66.1 Å². The molecule has 1 N–H and O–H groups in total. The number of thiocarbonyl (C=S) groups is 1. The standard InChI is InChI=1S/C21H18FN3S2/c1-25-18-6-4-3-5-16(18)17-11-15(12-23-21(26)27-2)24-19(20(17)25)13-7-9-14(22)10-8-13/h3-11H,12H2,1-2H3,(H,23,26). The van der Waals surface area contributed by atoms with E-state index in [0.717, 1.165) is 37.7 Å². The van der Waals surface area contributed by atoms with Gasteiger partial charge in [0.2, 0.25) is 0 Å². The molecule has 27 heavy (non-hydrogen) atoms. The zero-order valence-corrected chi connectivity index (χ0v) is 16.6. The SMILES string of the molecule is CSC(=S)NCc1cc2c3ccccc3n(C)c2c(-c2ccc(F)cc2)n1. The minimum atomic E-state index is -0.254. The highest BCUT2D eigenvalue weighted by molar-refractivity contribution is 8.22. The van der Waals surface area contributed by atoms with Crippen molar-refractivity contribution >= 4 is 50.1 Å². The van der Waals surface area contributed by atoms with Crippen LogP contribution in [0.3, 0.4) is 0 Å². The van der Waals surface area contributed by atoms with Crippen LogP contribution in [0.1, 0.15) is 5.69 Å². The molecule has 0 aliphatic heterocycles. The van der Waals surface area contributed by atoms with Crippen molar-refractivity contribution in [1.29, 1.82) is 0 Å². The summed E-state index contributed by atoms with van der Waals surface area (Å²) in [5, 5.41) is 5.53. The largest absolute Gasteiger partial charge is 0.365 e. The van der Waals surface area contributed by atoms with Gasteiger partial charge in [0.1, 0.15) is 10.1 Å². The molecule has 0 bridgehead atoms. The van der Waals surface area contributed by atoms with E-state index < -0.39 is 0 Å². The lowest BCUT2D eigenvalue weighted by atomic mass is 10.1. The van der Waals surface area contributed by atoms with Crippen molar-refractivity contribution in [3.63, 3.8) is 0 Å². The zero-order valence-electron chi connectivity index (χ0n) is 15.0. The predicted octanol–water partition coefficient (Wildman–Crippen LogP) is 5.27. The predicted molar refractivity (Wildman–Crippen MR) is 117 cm³/mol. The van der Waals surface area contributed by atoms with Gasteiger partial charge in [0.15, 0.2) is 0 Å². The van der Waals surface area contributed by atoms with Gasteiger partial charge in [-0.05, 0) is 42.7 Å². The Hall–Kier alpha value is -2.44. The Morgan fingerprint density at radius 3 is 2.63 bits per heavy atom. The number of thioether (sulfide) groups is 1. The molecular weight excluding hydrogens is 377 g/mol. The lowest BCUT2D eigenvalue weighted by Crippen LogP contribution is -2.18. The number of nitrogens with zero attached hydrogens (tertiary/aromatic N) is 2. The maximum Gasteiger partial charge on any atom is 0.133 e. The topological polar surface area (TPSA) is 29.9 Å². The number of fused-ring (bicyclic) bond motifs is 3. The summed E-state index contributed by atoms with van der Waals surface area (Å²) in [7, 11) is 2.04. The van der Waals surface area contributed by atoms with Crippen molar-refractivity contribution in [1.82, 2.24) is 14.9 Å². The van der Waals surface area contributed by atoms with Crippen LogP contribution in [-0.4, -0.2) is 20.1 Å². The number of rotatable bonds is 3. The monoisotopic (exact) mass is 395 g/mol. The van der Waals surface area contributed by atoms with Crippen LogP contribution < -0.4 is 5.32 Å². The van der Waals surface area contributed by atoms with Crippen LogP contribution in [0.4, 0.5) is 4.39 Å². The number of nitrogens with one attached hydrogen (secondary N) is 1. The second-order valence-electron chi connectivity index (χ2n) is 6.29. The molecule has 0 unspecified atom stereocenters. The minimum Gasteiger partial charge on any atom is -0.365 e. The molecule has 0 fully saturated rings. The first kappa shape index (κ1) is 17.9. The van der Waals surface area contributed by atoms with Gasteiger partial charge in [-0.15, -0.1) is 11.8 Å². The van der Waals surface area contributed by atoms with E-state index in [9.17, 15) is 4.39 Å². The fourth-order valence-corrected chi connectivity index (χ4v) is 3.67. The van der Waals surface area contributed by atoms with E-state index >= 15 is 0 Å². The molecule has 0 atom stereocenters. The maximum atomic E-state index is 13.4. The normalized spacial score (nSPS) is 11.2. The Labute approximate surface area is 166 Å². The van der Waals surface area contributed by atoms with Gasteiger partial charge in [0.25, 0.3) is 0 Å². The van der Waals surface area contributed by atoms with Gasteiger partial charge in [-0.25, -0.2) is 9.37 Å². The molecule has 4 rings (SSSR count). The highest BCUT2D eigenvalue weighted by Gasteiger charge is 2.16. The molecule has 0 radical (unpaired) electrons. The molecule has 2 aromatic heterocycles. The van der Waals surface area contributed by atoms with Crippen molar-refractivity contribution in [3.8, 4) is 11.3 Å². The first-order valence-electron chi connectivity index (χ1n) is 8.53. The highest BCUT2D eigenvalue weighted by Crippen LogP contribution is 2.34. The molecule has 2 heterocycles. The van der Waals surface area contributed by atoms with Gasteiger partial charge >= 0.3 is 0 Å². The number of para-hydroxylation sites is 1. The lowest BCUT2D eigenvalue weighted by molar-refractivity contribution is 0.628. The molecule has 3 nitrogen and oxygen atoms in total. The lowest BCUT2D eigenvalue weighted by Gasteiger charge is -2.11. The minimum absolute atomic E-state index is 0.254. The summed E-state index contributed by atoms with van der Waals surface area (Å²) in [6, 6.07) is 16.9. The van der Waals surface area contributed by atoms with Gasteiger partial charge in [0, 0.05) is 28.9 Å². The molecule has 136 valence electrons. The Morgan fingerprint density at radius 2 is 1.89 bits per heavy atom. The van der Waals surface area contributed by atoms with Crippen LogP contribution in [0.5, 0.6) is 0 Å². The summed E-state index contributed by atoms with van der Waals surface area (Å²) >= 11 is 6.75. The number of pyridine rings is 1. The van der Waals surface area contributed by atoms with E-state index in [1.54, 1.807) is 12.1 Å². The van der Waals surface area contributed by atoms with Crippen LogP contribution in [0.25, 0.3) is 33.1 Å². The van der Waals surface area contributed by atoms with Gasteiger partial charge in [-0.3, -0.25) is 0 Å². The first-order valence-corrected chi connectivity index (χ1v) is 10.2. The third-order valence-corrected chi connectivity index (χ3v) is 5.81. The van der Waals surface area contributed by atoms with Gasteiger partial charge in [-0.2, -0.15) is 0 Å². The molecule has 2 aromatic carbocycles. The number of hydrogen-bond acceptors (Lipinski definition) is 3. The highest BCUT2D eigenvalue weighted by atomic mass is 32.2. The number of aromatic nitrogens is 2. The zero-order chi connectivity index (χ0) is 19.0. The summed E-state index contributed by atoms with van der Waals surface area (Å²) in [5.41, 5.74) is 4.82. The number of aryl methyl sites for hydroxylation is 1. The third kappa shape index (κ3) is 3.31. The van der Waals surface area contributed by atoms with E-state index in [2.05, 4.69) is 28.1 Å². The van der Waals surface area contributed by atoms with E-state index in [1.807, 2.05) is 25.4 Å². The molecular formula is C21H18FN3S2. The van der Waals surface area contributed by atoms with Crippen LogP contribution in [0.2, 0.25) is 0 Å². The Kier molecular flexibility index (Phi) is 4.85. The van der Waals surface area contributed by atoms with Crippen LogP contribution >= 0.6 is 24.0 Å². The fourth-order valence-electron chi connectivity index (χ4n) is 3.39. The number of halogens is 1. The average Bonchev–Trinajstić information content (AvgIpc) is 2.99. The smallest absolute Gasteiger partial charge is 0.133 e. The molecule has 0 amide bonds. The molecule has 0 aliphatic rings. The van der Waals surface area contributed by atoms with Crippen molar-refractivity contribution in [2.45, 2.75) is 6.54 Å². The second-order valence-corrected chi connectivity index (χ2v) is 7.77. The van der Waals surface area contributed by atoms with Crippen LogP contribution in [0.15, 0.2) is 54.6 Å². The van der Waals surface area contributed by atoms with Gasteiger partial charge in [0.05, 0.1) is 23.4 Å². The van der Waals surface area contributed by atoms with Crippen LogP contribution in [0, 0.1) is 5.82 Å². The summed E-state index contributed by atoms with van der Waals surface area (Å²) < 4.78 is 16.3. The summed E-state index contributed by atoms with van der Waals surface area (Å²) in [4.78, 5) is 4.89. The van der Waals surface area contributed by atoms with E-state index in [4.69, 9.17) is 17.2 Å². The van der Waals surface area contributed by atoms with E-state index in [0.29, 0.717) is 6.54 Å². The Morgan fingerprint density at radius 1 is 1.15 bits per heavy atom. The average molecular weight is 396 g/mol. The molecule has 0 spiro atoms. The summed E-state index contributed by atoms with van der Waals surface area (Å²) in [6.07, 6.45) is 1.95. The molecule has 6 heteroatoms. The molecule has 0 saturated carbocycles. The summed E-state index contributed by atoms with van der Waals surface area (Å²) in [5.74, 6) is -0.254. The number of benzene rings is 2. The van der Waals surface area contributed by atoms with E-state index in [1.165, 1.54) is 29.3 Å². The fraction of sp³-hybridized carbons (Fsp3) is 0.143. The molecule has 0 saturated heterocycles. The Bertz CT molecular complexity index is 1150. The van der Waals surface area contributed by atoms with Gasteiger partial charge in [-0.1, -0.05) is 30.4 Å². The maximum absolute atomic E-state index is 13.4. The van der Waals surface area contributed by atoms with Crippen LogP contribution in [-0.2, 0) is 13.6 Å². The quantitative estimate of drug-likeness (QED) is 0.479. The first-order chi connectivity index (χ1) is 13.1. The van der Waals surface area contributed by atoms with Crippen molar-refractivity contribution in [2.75, 3.05) is 6.26 Å². The third-order valence-electron chi connectivity index (χ3n) is 4.65. The number of hydrogen-bond donors (Lipinski definition) is 1. The van der Waals surface area contributed by atoms with Gasteiger partial charge < -0.3 is 9.88 Å². The second kappa shape index (κ2) is 7.29. The van der Waals surface area contributed by atoms with E-state index in [-0.39, 0.29) is 5.82 Å². The van der Waals surface area contributed by atoms with Crippen molar-refractivity contribution in [2.24, 2.45) is 7.05 Å². The Balaban J connectivity index is 1.97.